The van der Waals surface area contributed by atoms with E-state index in [1.165, 1.54) is 16.7 Å². The van der Waals surface area contributed by atoms with Gasteiger partial charge in [-0.05, 0) is 72.9 Å². The van der Waals surface area contributed by atoms with Gasteiger partial charge >= 0.3 is 0 Å². The number of aryl methyl sites for hydroxylation is 1. The molecule has 5 rings (SSSR count). The van der Waals surface area contributed by atoms with Gasteiger partial charge in [-0.25, -0.2) is 4.99 Å². The lowest BCUT2D eigenvalue weighted by Crippen LogP contribution is -2.48. The van der Waals surface area contributed by atoms with Gasteiger partial charge in [-0.2, -0.15) is 0 Å². The van der Waals surface area contributed by atoms with Crippen molar-refractivity contribution in [3.8, 4) is 11.1 Å². The molecule has 1 fully saturated rings. The van der Waals surface area contributed by atoms with Crippen LogP contribution < -0.4 is 5.73 Å². The Morgan fingerprint density at radius 3 is 2.76 bits per heavy atom. The molecule has 1 aromatic heterocycles. The molecule has 2 spiro atoms. The molecule has 0 radical (unpaired) electrons. The van der Waals surface area contributed by atoms with Gasteiger partial charge in [0.05, 0.1) is 6.10 Å². The van der Waals surface area contributed by atoms with Crippen LogP contribution in [0.1, 0.15) is 42.9 Å². The molecule has 2 heterocycles. The Balaban J connectivity index is 1.62. The maximum Gasteiger partial charge on any atom is 0.283 e. The van der Waals surface area contributed by atoms with Gasteiger partial charge in [0.25, 0.3) is 6.02 Å². The lowest BCUT2D eigenvalue weighted by Gasteiger charge is -2.47. The summed E-state index contributed by atoms with van der Waals surface area (Å²) in [6.07, 6.45) is 8.36. The second kappa shape index (κ2) is 6.56. The highest BCUT2D eigenvalue weighted by Gasteiger charge is 2.62. The number of ether oxygens (including phenoxy) is 2. The van der Waals surface area contributed by atoms with Crippen molar-refractivity contribution in [3.05, 3.63) is 53.3 Å². The number of nitrogens with two attached hydrogens (primary N) is 1. The number of fused-ring (bicyclic) bond motifs is 3. The quantitative estimate of drug-likeness (QED) is 0.841. The van der Waals surface area contributed by atoms with Crippen molar-refractivity contribution in [1.82, 2.24) is 4.98 Å². The van der Waals surface area contributed by atoms with E-state index in [2.05, 4.69) is 43.1 Å². The molecule has 4 atom stereocenters. The van der Waals surface area contributed by atoms with Crippen molar-refractivity contribution in [2.45, 2.75) is 51.2 Å². The molecule has 152 valence electrons. The van der Waals surface area contributed by atoms with Crippen LogP contribution in [-0.4, -0.2) is 30.8 Å². The molecule has 29 heavy (non-hydrogen) atoms. The standard InChI is InChI=1S/C24H29N3O2/c1-15-8-19(13-26-12-15)17-4-5-18-11-23(7-6-21(28-3)16(2)10-23)24(20(18)9-17)14-29-22(25)27-24/h4-5,8-9,12-13,16,21H,6-7,10-11,14H2,1-3H3,(H2,25,27)/t16-,21-,23-,24-/m0/s1. The van der Waals surface area contributed by atoms with Gasteiger partial charge in [0.1, 0.15) is 12.1 Å². The summed E-state index contributed by atoms with van der Waals surface area (Å²) >= 11 is 0. The summed E-state index contributed by atoms with van der Waals surface area (Å²) in [5.74, 6) is 0.484. The Bertz CT molecular complexity index is 988. The molecular formula is C24H29N3O2. The van der Waals surface area contributed by atoms with E-state index >= 15 is 0 Å². The van der Waals surface area contributed by atoms with Gasteiger partial charge in [0.15, 0.2) is 0 Å². The van der Waals surface area contributed by atoms with Crippen molar-refractivity contribution in [1.29, 1.82) is 0 Å². The SMILES string of the molecule is CO[C@H]1CC[C@@]2(Cc3ccc(-c4cncc(C)c4)cc3[C@@]23COC(N)=N3)C[C@@H]1C. The van der Waals surface area contributed by atoms with E-state index in [-0.39, 0.29) is 5.41 Å². The number of aliphatic imine (C=N–C) groups is 1. The molecule has 2 aromatic rings. The Kier molecular flexibility index (Phi) is 4.21. The van der Waals surface area contributed by atoms with E-state index in [9.17, 15) is 0 Å². The van der Waals surface area contributed by atoms with Crippen LogP contribution in [0.3, 0.4) is 0 Å². The molecule has 0 amide bonds. The average Bonchev–Trinajstić information content (AvgIpc) is 3.21. The fourth-order valence-electron chi connectivity index (χ4n) is 6.08. The smallest absolute Gasteiger partial charge is 0.283 e. The monoisotopic (exact) mass is 391 g/mol. The molecule has 0 saturated heterocycles. The summed E-state index contributed by atoms with van der Waals surface area (Å²) in [4.78, 5) is 9.37. The predicted octanol–water partition coefficient (Wildman–Crippen LogP) is 3.97. The molecule has 1 saturated carbocycles. The normalized spacial score (nSPS) is 33.0. The minimum absolute atomic E-state index is 0.0361. The van der Waals surface area contributed by atoms with Gasteiger partial charge < -0.3 is 15.2 Å². The number of hydrogen-bond donors (Lipinski definition) is 1. The van der Waals surface area contributed by atoms with Crippen LogP contribution in [0.5, 0.6) is 0 Å². The zero-order chi connectivity index (χ0) is 20.2. The highest BCUT2D eigenvalue weighted by molar-refractivity contribution is 5.76. The van der Waals surface area contributed by atoms with E-state index in [1.54, 1.807) is 0 Å². The second-order valence-corrected chi connectivity index (χ2v) is 9.17. The zero-order valence-electron chi connectivity index (χ0n) is 17.4. The van der Waals surface area contributed by atoms with Crippen molar-refractivity contribution in [3.63, 3.8) is 0 Å². The third-order valence-electron chi connectivity index (χ3n) is 7.46. The average molecular weight is 392 g/mol. The van der Waals surface area contributed by atoms with Gasteiger partial charge in [0.2, 0.25) is 0 Å². The summed E-state index contributed by atoms with van der Waals surface area (Å²) in [5, 5.41) is 0. The number of pyridine rings is 1. The fraction of sp³-hybridized carbons (Fsp3) is 0.500. The van der Waals surface area contributed by atoms with Crippen LogP contribution in [0, 0.1) is 18.3 Å². The first-order valence-electron chi connectivity index (χ1n) is 10.5. The number of rotatable bonds is 2. The molecule has 5 heteroatoms. The van der Waals surface area contributed by atoms with Crippen LogP contribution in [0.4, 0.5) is 0 Å². The van der Waals surface area contributed by atoms with E-state index < -0.39 is 5.54 Å². The summed E-state index contributed by atoms with van der Waals surface area (Å²) < 4.78 is 11.6. The van der Waals surface area contributed by atoms with Gasteiger partial charge in [-0.3, -0.25) is 4.98 Å². The molecule has 0 bridgehead atoms. The van der Waals surface area contributed by atoms with Crippen molar-refractivity contribution >= 4 is 6.02 Å². The Labute approximate surface area is 172 Å². The molecular weight excluding hydrogens is 362 g/mol. The summed E-state index contributed by atoms with van der Waals surface area (Å²) in [6.45, 7) is 4.91. The van der Waals surface area contributed by atoms with Gasteiger partial charge in [-0.15, -0.1) is 0 Å². The lowest BCUT2D eigenvalue weighted by molar-refractivity contribution is -0.0445. The molecule has 2 N–H and O–H groups in total. The maximum absolute atomic E-state index is 6.09. The topological polar surface area (TPSA) is 69.7 Å². The fourth-order valence-corrected chi connectivity index (χ4v) is 6.08. The van der Waals surface area contributed by atoms with E-state index in [0.29, 0.717) is 24.7 Å². The second-order valence-electron chi connectivity index (χ2n) is 9.17. The van der Waals surface area contributed by atoms with Gasteiger partial charge in [-0.1, -0.05) is 19.1 Å². The lowest BCUT2D eigenvalue weighted by atomic mass is 9.59. The Morgan fingerprint density at radius 2 is 2.07 bits per heavy atom. The summed E-state index contributed by atoms with van der Waals surface area (Å²) in [7, 11) is 1.83. The van der Waals surface area contributed by atoms with Crippen LogP contribution in [0.25, 0.3) is 11.1 Å². The minimum Gasteiger partial charge on any atom is -0.462 e. The summed E-state index contributed by atoms with van der Waals surface area (Å²) in [5.41, 5.74) is 11.9. The summed E-state index contributed by atoms with van der Waals surface area (Å²) in [6, 6.07) is 9.30. The third-order valence-corrected chi connectivity index (χ3v) is 7.46. The van der Waals surface area contributed by atoms with Crippen LogP contribution in [-0.2, 0) is 21.4 Å². The number of methoxy groups -OCH3 is 1. The first-order chi connectivity index (χ1) is 14.0. The predicted molar refractivity (Wildman–Crippen MR) is 114 cm³/mol. The molecule has 1 aliphatic heterocycles. The number of hydrogen-bond acceptors (Lipinski definition) is 5. The first kappa shape index (κ1) is 18.6. The van der Waals surface area contributed by atoms with Gasteiger partial charge in [0, 0.05) is 30.5 Å². The van der Waals surface area contributed by atoms with Crippen LogP contribution >= 0.6 is 0 Å². The molecule has 5 nitrogen and oxygen atoms in total. The number of aromatic nitrogens is 1. The van der Waals surface area contributed by atoms with Crippen molar-refractivity contribution < 1.29 is 9.47 Å². The molecule has 0 unspecified atom stereocenters. The van der Waals surface area contributed by atoms with E-state index in [0.717, 1.165) is 36.8 Å². The van der Waals surface area contributed by atoms with E-state index in [1.807, 2.05) is 19.5 Å². The van der Waals surface area contributed by atoms with Crippen molar-refractivity contribution in [2.24, 2.45) is 22.1 Å². The van der Waals surface area contributed by atoms with Crippen LogP contribution in [0.2, 0.25) is 0 Å². The number of benzene rings is 1. The molecule has 2 aliphatic carbocycles. The maximum atomic E-state index is 6.09. The Morgan fingerprint density at radius 1 is 1.21 bits per heavy atom. The molecule has 3 aliphatic rings. The molecule has 1 aromatic carbocycles. The number of nitrogens with zero attached hydrogens (tertiary/aromatic N) is 2. The highest BCUT2D eigenvalue weighted by atomic mass is 16.5. The van der Waals surface area contributed by atoms with Crippen molar-refractivity contribution in [2.75, 3.05) is 13.7 Å². The first-order valence-corrected chi connectivity index (χ1v) is 10.5. The van der Waals surface area contributed by atoms with Crippen LogP contribution in [0.15, 0.2) is 41.7 Å². The number of amidine groups is 1. The third kappa shape index (κ3) is 2.71. The Hall–Kier alpha value is -2.40. The zero-order valence-corrected chi connectivity index (χ0v) is 17.4. The highest BCUT2D eigenvalue weighted by Crippen LogP contribution is 2.62. The minimum atomic E-state index is -0.396. The largest absolute Gasteiger partial charge is 0.462 e. The van der Waals surface area contributed by atoms with E-state index in [4.69, 9.17) is 20.2 Å².